The molecular weight excluding hydrogens is 415 g/mol. The summed E-state index contributed by atoms with van der Waals surface area (Å²) in [4.78, 5) is 27.4. The van der Waals surface area contributed by atoms with Crippen LogP contribution in [0.15, 0.2) is 66.7 Å². The molecule has 0 aromatic heterocycles. The van der Waals surface area contributed by atoms with Gasteiger partial charge in [-0.25, -0.2) is 4.39 Å². The second kappa shape index (κ2) is 8.90. The lowest BCUT2D eigenvalue weighted by atomic mass is 9.97. The van der Waals surface area contributed by atoms with Crippen LogP contribution < -0.4 is 10.2 Å². The van der Waals surface area contributed by atoms with Crippen molar-refractivity contribution in [2.45, 2.75) is 25.8 Å². The second-order valence-corrected chi connectivity index (χ2v) is 8.09. The lowest BCUT2D eigenvalue weighted by Crippen LogP contribution is -2.35. The minimum absolute atomic E-state index is 0.169. The van der Waals surface area contributed by atoms with Crippen LogP contribution in [0.1, 0.15) is 51.2 Å². The van der Waals surface area contributed by atoms with Crippen LogP contribution in [0.25, 0.3) is 0 Å². The highest BCUT2D eigenvalue weighted by Gasteiger charge is 2.24. The van der Waals surface area contributed by atoms with Gasteiger partial charge in [-0.05, 0) is 85.5 Å². The Hall–Kier alpha value is -3.18. The lowest BCUT2D eigenvalue weighted by molar-refractivity contribution is 0.0939. The summed E-state index contributed by atoms with van der Waals surface area (Å²) in [7, 11) is 0. The van der Waals surface area contributed by atoms with Gasteiger partial charge < -0.3 is 10.2 Å². The predicted molar refractivity (Wildman–Crippen MR) is 120 cm³/mol. The van der Waals surface area contributed by atoms with Gasteiger partial charge in [0.2, 0.25) is 0 Å². The van der Waals surface area contributed by atoms with Crippen molar-refractivity contribution in [3.63, 3.8) is 0 Å². The molecule has 1 heterocycles. The summed E-state index contributed by atoms with van der Waals surface area (Å²) in [6, 6.07) is 18.2. The maximum Gasteiger partial charge on any atom is 0.258 e. The summed E-state index contributed by atoms with van der Waals surface area (Å²) in [5.74, 6) is -0.721. The van der Waals surface area contributed by atoms with Gasteiger partial charge in [-0.3, -0.25) is 9.59 Å². The first-order valence-electron chi connectivity index (χ1n) is 10.2. The van der Waals surface area contributed by atoms with Crippen molar-refractivity contribution < 1.29 is 14.0 Å². The van der Waals surface area contributed by atoms with Gasteiger partial charge in [0.15, 0.2) is 0 Å². The third kappa shape index (κ3) is 4.62. The SMILES string of the molecule is C[C@H](NC(=O)c1ccc2c(c1)CCCN2C(=O)c1ccc(F)cc1)c1ccc(Cl)cc1. The van der Waals surface area contributed by atoms with Gasteiger partial charge in [0.05, 0.1) is 6.04 Å². The maximum absolute atomic E-state index is 13.2. The van der Waals surface area contributed by atoms with E-state index in [9.17, 15) is 14.0 Å². The van der Waals surface area contributed by atoms with E-state index in [2.05, 4.69) is 5.32 Å². The van der Waals surface area contributed by atoms with Gasteiger partial charge in [0.1, 0.15) is 5.82 Å². The van der Waals surface area contributed by atoms with Crippen LogP contribution in [-0.4, -0.2) is 18.4 Å². The number of nitrogens with zero attached hydrogens (tertiary/aromatic N) is 1. The molecule has 0 aliphatic carbocycles. The molecule has 4 nitrogen and oxygen atoms in total. The second-order valence-electron chi connectivity index (χ2n) is 7.66. The molecule has 1 N–H and O–H groups in total. The Morgan fingerprint density at radius 2 is 1.68 bits per heavy atom. The largest absolute Gasteiger partial charge is 0.346 e. The van der Waals surface area contributed by atoms with Gasteiger partial charge in [-0.1, -0.05) is 23.7 Å². The van der Waals surface area contributed by atoms with Gasteiger partial charge in [-0.2, -0.15) is 0 Å². The fourth-order valence-electron chi connectivity index (χ4n) is 3.81. The quantitative estimate of drug-likeness (QED) is 0.581. The van der Waals surface area contributed by atoms with Gasteiger partial charge >= 0.3 is 0 Å². The van der Waals surface area contributed by atoms with Crippen molar-refractivity contribution in [3.05, 3.63) is 99.8 Å². The number of amides is 2. The van der Waals surface area contributed by atoms with Crippen molar-refractivity contribution in [3.8, 4) is 0 Å². The average molecular weight is 437 g/mol. The molecule has 0 spiro atoms. The van der Waals surface area contributed by atoms with Crippen LogP contribution in [0.5, 0.6) is 0 Å². The third-order valence-electron chi connectivity index (χ3n) is 5.51. The van der Waals surface area contributed by atoms with Crippen LogP contribution in [0, 0.1) is 5.82 Å². The Bertz CT molecular complexity index is 1110. The van der Waals surface area contributed by atoms with E-state index in [1.807, 2.05) is 31.2 Å². The molecule has 0 unspecified atom stereocenters. The van der Waals surface area contributed by atoms with E-state index in [4.69, 9.17) is 11.6 Å². The maximum atomic E-state index is 13.2. The molecule has 0 radical (unpaired) electrons. The van der Waals surface area contributed by atoms with Crippen LogP contribution in [0.2, 0.25) is 5.02 Å². The molecule has 1 aliphatic heterocycles. The molecular formula is C25H22ClFN2O2. The van der Waals surface area contributed by atoms with Gasteiger partial charge in [0, 0.05) is 28.4 Å². The summed E-state index contributed by atoms with van der Waals surface area (Å²) in [5, 5.41) is 3.66. The summed E-state index contributed by atoms with van der Waals surface area (Å²) < 4.78 is 13.2. The predicted octanol–water partition coefficient (Wildman–Crippen LogP) is 5.56. The van der Waals surface area contributed by atoms with E-state index in [-0.39, 0.29) is 23.7 Å². The Morgan fingerprint density at radius 3 is 2.39 bits per heavy atom. The molecule has 1 aliphatic rings. The number of nitrogens with one attached hydrogen (secondary N) is 1. The zero-order chi connectivity index (χ0) is 22.0. The summed E-state index contributed by atoms with van der Waals surface area (Å²) >= 11 is 5.93. The zero-order valence-electron chi connectivity index (χ0n) is 17.1. The highest BCUT2D eigenvalue weighted by molar-refractivity contribution is 6.30. The molecule has 0 fully saturated rings. The van der Waals surface area contributed by atoms with Crippen molar-refractivity contribution in [1.29, 1.82) is 0 Å². The van der Waals surface area contributed by atoms with E-state index >= 15 is 0 Å². The molecule has 3 aromatic rings. The average Bonchev–Trinajstić information content (AvgIpc) is 2.78. The molecule has 31 heavy (non-hydrogen) atoms. The molecule has 0 saturated heterocycles. The first-order chi connectivity index (χ1) is 14.9. The van der Waals surface area contributed by atoms with Crippen LogP contribution >= 0.6 is 11.6 Å². The Balaban J connectivity index is 1.52. The van der Waals surface area contributed by atoms with Crippen molar-refractivity contribution in [1.82, 2.24) is 5.32 Å². The van der Waals surface area contributed by atoms with Gasteiger partial charge in [0.25, 0.3) is 11.8 Å². The fourth-order valence-corrected chi connectivity index (χ4v) is 3.94. The van der Waals surface area contributed by atoms with Crippen LogP contribution in [-0.2, 0) is 6.42 Å². The zero-order valence-corrected chi connectivity index (χ0v) is 17.8. The molecule has 158 valence electrons. The highest BCUT2D eigenvalue weighted by Crippen LogP contribution is 2.30. The number of fused-ring (bicyclic) bond motifs is 1. The fraction of sp³-hybridized carbons (Fsp3) is 0.200. The monoisotopic (exact) mass is 436 g/mol. The summed E-state index contributed by atoms with van der Waals surface area (Å²) in [6.45, 7) is 2.50. The molecule has 3 aromatic carbocycles. The van der Waals surface area contributed by atoms with E-state index < -0.39 is 0 Å². The van der Waals surface area contributed by atoms with E-state index in [1.54, 1.807) is 23.1 Å². The molecule has 1 atom stereocenters. The number of anilines is 1. The van der Waals surface area contributed by atoms with Crippen LogP contribution in [0.4, 0.5) is 10.1 Å². The van der Waals surface area contributed by atoms with Gasteiger partial charge in [-0.15, -0.1) is 0 Å². The molecule has 2 amide bonds. The molecule has 0 saturated carbocycles. The van der Waals surface area contributed by atoms with E-state index in [1.165, 1.54) is 24.3 Å². The molecule has 0 bridgehead atoms. The minimum Gasteiger partial charge on any atom is -0.346 e. The standard InChI is InChI=1S/C25H22ClFN2O2/c1-16(17-4-9-21(26)10-5-17)28-24(30)20-8-13-23-19(15-20)3-2-14-29(23)25(31)18-6-11-22(27)12-7-18/h4-13,15-16H,2-3,14H2,1H3,(H,28,30)/t16-/m0/s1. The van der Waals surface area contributed by atoms with Crippen molar-refractivity contribution >= 4 is 29.1 Å². The smallest absolute Gasteiger partial charge is 0.258 e. The Labute approximate surface area is 185 Å². The molecule has 4 rings (SSSR count). The van der Waals surface area contributed by atoms with Crippen LogP contribution in [0.3, 0.4) is 0 Å². The minimum atomic E-state index is -0.376. The van der Waals surface area contributed by atoms with Crippen molar-refractivity contribution in [2.24, 2.45) is 0 Å². The number of carbonyl (C=O) groups excluding carboxylic acids is 2. The normalized spacial score (nSPS) is 14.0. The topological polar surface area (TPSA) is 49.4 Å². The number of benzene rings is 3. The third-order valence-corrected chi connectivity index (χ3v) is 5.77. The van der Waals surface area contributed by atoms with E-state index in [0.717, 1.165) is 29.7 Å². The Kier molecular flexibility index (Phi) is 6.05. The Morgan fingerprint density at radius 1 is 1.00 bits per heavy atom. The number of rotatable bonds is 4. The highest BCUT2D eigenvalue weighted by atomic mass is 35.5. The molecule has 6 heteroatoms. The number of hydrogen-bond acceptors (Lipinski definition) is 2. The number of halogens is 2. The number of carbonyl (C=O) groups is 2. The lowest BCUT2D eigenvalue weighted by Gasteiger charge is -2.30. The number of aryl methyl sites for hydroxylation is 1. The summed E-state index contributed by atoms with van der Waals surface area (Å²) in [5.41, 5.74) is 3.70. The van der Waals surface area contributed by atoms with E-state index in [0.29, 0.717) is 22.7 Å². The summed E-state index contributed by atoms with van der Waals surface area (Å²) in [6.07, 6.45) is 1.59. The first kappa shape index (κ1) is 21.1. The first-order valence-corrected chi connectivity index (χ1v) is 10.6. The van der Waals surface area contributed by atoms with Crippen molar-refractivity contribution in [2.75, 3.05) is 11.4 Å². The number of hydrogen-bond donors (Lipinski definition) is 1.